The lowest BCUT2D eigenvalue weighted by Crippen LogP contribution is -1.97. The molecule has 4 heteroatoms. The van der Waals surface area contributed by atoms with Crippen LogP contribution in [0.4, 0.5) is 5.69 Å². The van der Waals surface area contributed by atoms with Gasteiger partial charge in [0.25, 0.3) is 0 Å². The Labute approximate surface area is 82.6 Å². The van der Waals surface area contributed by atoms with Crippen molar-refractivity contribution in [3.05, 3.63) is 17.7 Å². The summed E-state index contributed by atoms with van der Waals surface area (Å²) < 4.78 is 15.6. The number of hydrogen-bond donors (Lipinski definition) is 1. The highest BCUT2D eigenvalue weighted by atomic mass is 16.7. The highest BCUT2D eigenvalue weighted by Gasteiger charge is 2.20. The third-order valence-corrected chi connectivity index (χ3v) is 2.21. The predicted octanol–water partition coefficient (Wildman–Crippen LogP) is 1.19. The first kappa shape index (κ1) is 9.15. The first-order chi connectivity index (χ1) is 6.83. The van der Waals surface area contributed by atoms with Crippen molar-refractivity contribution in [1.82, 2.24) is 0 Å². The summed E-state index contributed by atoms with van der Waals surface area (Å²) in [5.41, 5.74) is 7.43. The van der Waals surface area contributed by atoms with Gasteiger partial charge in [-0.05, 0) is 12.5 Å². The second kappa shape index (κ2) is 3.75. The molecule has 0 amide bonds. The number of fused-ring (bicyclic) bond motifs is 1. The minimum Gasteiger partial charge on any atom is -0.453 e. The van der Waals surface area contributed by atoms with Gasteiger partial charge in [-0.1, -0.05) is 6.07 Å². The Balaban J connectivity index is 2.29. The van der Waals surface area contributed by atoms with Crippen molar-refractivity contribution >= 4 is 5.69 Å². The molecule has 0 spiro atoms. The molecule has 2 N–H and O–H groups in total. The van der Waals surface area contributed by atoms with Crippen LogP contribution in [0.15, 0.2) is 12.1 Å². The van der Waals surface area contributed by atoms with Crippen molar-refractivity contribution < 1.29 is 14.2 Å². The van der Waals surface area contributed by atoms with Crippen molar-refractivity contribution in [2.75, 3.05) is 26.2 Å². The topological polar surface area (TPSA) is 53.7 Å². The molecule has 14 heavy (non-hydrogen) atoms. The molecule has 1 aliphatic heterocycles. The maximum atomic E-state index is 5.73. The van der Waals surface area contributed by atoms with Gasteiger partial charge in [0.2, 0.25) is 6.79 Å². The molecule has 0 aromatic heterocycles. The molecule has 2 rings (SSSR count). The molecule has 0 saturated heterocycles. The molecule has 0 unspecified atom stereocenters. The maximum Gasteiger partial charge on any atom is 0.231 e. The molecule has 0 aliphatic carbocycles. The van der Waals surface area contributed by atoms with Crippen LogP contribution in [-0.2, 0) is 11.2 Å². The first-order valence-corrected chi connectivity index (χ1v) is 4.49. The number of anilines is 1. The third kappa shape index (κ3) is 1.48. The molecule has 0 radical (unpaired) electrons. The second-order valence-corrected chi connectivity index (χ2v) is 3.12. The van der Waals surface area contributed by atoms with Crippen LogP contribution in [0.1, 0.15) is 5.56 Å². The number of methoxy groups -OCH3 is 1. The quantitative estimate of drug-likeness (QED) is 0.736. The molecule has 1 heterocycles. The molecule has 0 bridgehead atoms. The lowest BCUT2D eigenvalue weighted by molar-refractivity contribution is 0.172. The fourth-order valence-electron chi connectivity index (χ4n) is 1.48. The van der Waals surface area contributed by atoms with Gasteiger partial charge in [-0.2, -0.15) is 0 Å². The van der Waals surface area contributed by atoms with E-state index in [9.17, 15) is 0 Å². The summed E-state index contributed by atoms with van der Waals surface area (Å²) in [6.07, 6.45) is 0.808. The maximum absolute atomic E-state index is 5.73. The van der Waals surface area contributed by atoms with Crippen molar-refractivity contribution in [2.45, 2.75) is 6.42 Å². The van der Waals surface area contributed by atoms with E-state index in [4.69, 9.17) is 19.9 Å². The molecule has 1 aromatic rings. The van der Waals surface area contributed by atoms with E-state index in [1.807, 2.05) is 12.1 Å². The monoisotopic (exact) mass is 195 g/mol. The average molecular weight is 195 g/mol. The van der Waals surface area contributed by atoms with E-state index in [0.29, 0.717) is 18.0 Å². The highest BCUT2D eigenvalue weighted by molar-refractivity contribution is 5.64. The molecule has 4 nitrogen and oxygen atoms in total. The van der Waals surface area contributed by atoms with Crippen LogP contribution >= 0.6 is 0 Å². The SMILES string of the molecule is COCCc1ccc(N)c2c1OCO2. The zero-order valence-electron chi connectivity index (χ0n) is 8.08. The molecule has 0 atom stereocenters. The fraction of sp³-hybridized carbons (Fsp3) is 0.400. The number of benzene rings is 1. The van der Waals surface area contributed by atoms with Gasteiger partial charge in [-0.25, -0.2) is 0 Å². The van der Waals surface area contributed by atoms with Crippen LogP contribution in [0.2, 0.25) is 0 Å². The zero-order chi connectivity index (χ0) is 9.97. The summed E-state index contributed by atoms with van der Waals surface area (Å²) in [5, 5.41) is 0. The summed E-state index contributed by atoms with van der Waals surface area (Å²) in [7, 11) is 1.68. The van der Waals surface area contributed by atoms with Crippen LogP contribution in [0, 0.1) is 0 Å². The summed E-state index contributed by atoms with van der Waals surface area (Å²) in [4.78, 5) is 0. The fourth-order valence-corrected chi connectivity index (χ4v) is 1.48. The number of ether oxygens (including phenoxy) is 3. The number of nitrogens with two attached hydrogens (primary N) is 1. The van der Waals surface area contributed by atoms with E-state index in [1.54, 1.807) is 7.11 Å². The van der Waals surface area contributed by atoms with Crippen LogP contribution in [-0.4, -0.2) is 20.5 Å². The molecule has 0 fully saturated rings. The molecular weight excluding hydrogens is 182 g/mol. The summed E-state index contributed by atoms with van der Waals surface area (Å²) in [6.45, 7) is 0.920. The lowest BCUT2D eigenvalue weighted by atomic mass is 10.1. The number of rotatable bonds is 3. The minimum absolute atomic E-state index is 0.254. The minimum atomic E-state index is 0.254. The van der Waals surface area contributed by atoms with E-state index in [1.165, 1.54) is 0 Å². The van der Waals surface area contributed by atoms with Gasteiger partial charge in [0.05, 0.1) is 12.3 Å². The van der Waals surface area contributed by atoms with Crippen molar-refractivity contribution in [3.63, 3.8) is 0 Å². The predicted molar refractivity (Wildman–Crippen MR) is 52.6 cm³/mol. The van der Waals surface area contributed by atoms with Crippen molar-refractivity contribution in [1.29, 1.82) is 0 Å². The van der Waals surface area contributed by atoms with Gasteiger partial charge in [0.15, 0.2) is 11.5 Å². The Morgan fingerprint density at radius 1 is 1.36 bits per heavy atom. The van der Waals surface area contributed by atoms with Gasteiger partial charge in [0, 0.05) is 12.7 Å². The van der Waals surface area contributed by atoms with E-state index < -0.39 is 0 Å². The van der Waals surface area contributed by atoms with E-state index in [-0.39, 0.29) is 6.79 Å². The Kier molecular flexibility index (Phi) is 2.45. The standard InChI is InChI=1S/C10H13NO3/c1-12-5-4-7-2-3-8(11)10-9(7)13-6-14-10/h2-3H,4-6,11H2,1H3. The summed E-state index contributed by atoms with van der Waals surface area (Å²) in [6, 6.07) is 3.78. The molecule has 0 saturated carbocycles. The van der Waals surface area contributed by atoms with Crippen LogP contribution in [0.5, 0.6) is 11.5 Å². The highest BCUT2D eigenvalue weighted by Crippen LogP contribution is 2.40. The third-order valence-electron chi connectivity index (χ3n) is 2.21. The van der Waals surface area contributed by atoms with Gasteiger partial charge < -0.3 is 19.9 Å². The van der Waals surface area contributed by atoms with Crippen LogP contribution in [0.25, 0.3) is 0 Å². The van der Waals surface area contributed by atoms with Crippen LogP contribution < -0.4 is 15.2 Å². The van der Waals surface area contributed by atoms with Crippen molar-refractivity contribution in [2.24, 2.45) is 0 Å². The van der Waals surface area contributed by atoms with Gasteiger partial charge in [0.1, 0.15) is 0 Å². The van der Waals surface area contributed by atoms with E-state index in [2.05, 4.69) is 0 Å². The van der Waals surface area contributed by atoms with Gasteiger partial charge in [-0.15, -0.1) is 0 Å². The summed E-state index contributed by atoms with van der Waals surface area (Å²) in [5.74, 6) is 1.43. The van der Waals surface area contributed by atoms with Crippen LogP contribution in [0.3, 0.4) is 0 Å². The van der Waals surface area contributed by atoms with Gasteiger partial charge in [-0.3, -0.25) is 0 Å². The molecular formula is C10H13NO3. The number of hydrogen-bond acceptors (Lipinski definition) is 4. The first-order valence-electron chi connectivity index (χ1n) is 4.49. The van der Waals surface area contributed by atoms with Gasteiger partial charge >= 0.3 is 0 Å². The second-order valence-electron chi connectivity index (χ2n) is 3.12. The smallest absolute Gasteiger partial charge is 0.231 e. The average Bonchev–Trinajstić information content (AvgIpc) is 2.66. The Bertz CT molecular complexity index is 338. The van der Waals surface area contributed by atoms with E-state index in [0.717, 1.165) is 17.7 Å². The molecule has 1 aliphatic rings. The Morgan fingerprint density at radius 2 is 2.14 bits per heavy atom. The number of nitrogen functional groups attached to an aromatic ring is 1. The molecule has 1 aromatic carbocycles. The normalized spacial score (nSPS) is 13.2. The molecule has 76 valence electrons. The Hall–Kier alpha value is -1.42. The summed E-state index contributed by atoms with van der Waals surface area (Å²) >= 11 is 0. The lowest BCUT2D eigenvalue weighted by Gasteiger charge is -2.06. The zero-order valence-corrected chi connectivity index (χ0v) is 8.08. The Morgan fingerprint density at radius 3 is 2.93 bits per heavy atom. The van der Waals surface area contributed by atoms with E-state index >= 15 is 0 Å². The van der Waals surface area contributed by atoms with Crippen molar-refractivity contribution in [3.8, 4) is 11.5 Å². The largest absolute Gasteiger partial charge is 0.453 e.